The molecule has 0 aliphatic heterocycles. The molecular weight excluding hydrogens is 274 g/mol. The summed E-state index contributed by atoms with van der Waals surface area (Å²) in [5, 5.41) is 9.08. The molecule has 5 nitrogen and oxygen atoms in total. The fourth-order valence-electron chi connectivity index (χ4n) is 1.13. The Morgan fingerprint density at radius 3 is 2.75 bits per heavy atom. The van der Waals surface area contributed by atoms with Crippen LogP contribution in [0.25, 0.3) is 6.08 Å². The predicted molar refractivity (Wildman–Crippen MR) is 66.6 cm³/mol. The molecule has 0 aromatic carbocycles. The van der Waals surface area contributed by atoms with E-state index >= 15 is 0 Å². The number of nitrogens with zero attached hydrogens (tertiary/aromatic N) is 2. The van der Waals surface area contributed by atoms with Crippen LogP contribution < -0.4 is 10.2 Å². The summed E-state index contributed by atoms with van der Waals surface area (Å²) in [6, 6.07) is 0. The Balaban J connectivity index is 3.23. The molecule has 0 aliphatic carbocycles. The van der Waals surface area contributed by atoms with Gasteiger partial charge < -0.3 is 9.64 Å². The summed E-state index contributed by atoms with van der Waals surface area (Å²) < 4.78 is 5.80. The Morgan fingerprint density at radius 2 is 2.25 bits per heavy atom. The molecule has 0 spiro atoms. The van der Waals surface area contributed by atoms with Gasteiger partial charge in [-0.2, -0.15) is 0 Å². The fraction of sp³-hybridized carbons (Fsp3) is 0.300. The third-order valence-electron chi connectivity index (χ3n) is 1.88. The summed E-state index contributed by atoms with van der Waals surface area (Å²) in [6.07, 6.45) is 5.32. The van der Waals surface area contributed by atoms with Crippen LogP contribution in [0.3, 0.4) is 0 Å². The number of methoxy groups -OCH3 is 1. The second kappa shape index (κ2) is 5.72. The lowest BCUT2D eigenvalue weighted by atomic mass is 10.2. The van der Waals surface area contributed by atoms with E-state index in [0.29, 0.717) is 11.6 Å². The number of ether oxygens (including phenoxy) is 1. The van der Waals surface area contributed by atoms with Crippen LogP contribution in [-0.2, 0) is 0 Å². The molecule has 6 heteroatoms. The molecule has 0 saturated carbocycles. The van der Waals surface area contributed by atoms with Gasteiger partial charge in [0.05, 0.1) is 7.11 Å². The largest absolute Gasteiger partial charge is 0.479 e. The number of pyridine rings is 1. The minimum atomic E-state index is 0.337. The number of hydrogen-bond donors (Lipinski definition) is 2. The van der Waals surface area contributed by atoms with Gasteiger partial charge in [0.25, 0.3) is 0 Å². The first-order valence-corrected chi connectivity index (χ1v) is 5.36. The van der Waals surface area contributed by atoms with Crippen LogP contribution in [0.1, 0.15) is 5.56 Å². The number of halogens is 1. The number of hydrogen-bond acceptors (Lipinski definition) is 5. The zero-order valence-corrected chi connectivity index (χ0v) is 10.9. The predicted octanol–water partition coefficient (Wildman–Crippen LogP) is 2.19. The Kier molecular flexibility index (Phi) is 4.57. The summed E-state index contributed by atoms with van der Waals surface area (Å²) in [4.78, 5) is 5.91. The highest BCUT2D eigenvalue weighted by atomic mass is 79.9. The highest BCUT2D eigenvalue weighted by Crippen LogP contribution is 2.32. The lowest BCUT2D eigenvalue weighted by Gasteiger charge is -2.11. The van der Waals surface area contributed by atoms with Crippen molar-refractivity contribution >= 4 is 27.7 Å². The molecule has 88 valence electrons. The van der Waals surface area contributed by atoms with E-state index in [0.717, 1.165) is 10.0 Å². The Labute approximate surface area is 103 Å². The van der Waals surface area contributed by atoms with Gasteiger partial charge in [0, 0.05) is 30.3 Å². The van der Waals surface area contributed by atoms with Crippen LogP contribution in [0, 0.1) is 0 Å². The minimum absolute atomic E-state index is 0.337. The van der Waals surface area contributed by atoms with Gasteiger partial charge in [0.2, 0.25) is 5.88 Å². The third kappa shape index (κ3) is 2.86. The third-order valence-corrected chi connectivity index (χ3v) is 2.51. The number of aromatic nitrogens is 1. The first-order valence-electron chi connectivity index (χ1n) is 4.57. The maximum absolute atomic E-state index is 9.08. The second-order valence-corrected chi connectivity index (χ2v) is 4.15. The molecule has 1 aromatic rings. The summed E-state index contributed by atoms with van der Waals surface area (Å²) in [5.74, 6) is 0.337. The average Bonchev–Trinajstić information content (AvgIpc) is 2.26. The summed E-state index contributed by atoms with van der Waals surface area (Å²) in [7, 11) is 5.32. The van der Waals surface area contributed by atoms with E-state index in [1.165, 1.54) is 7.11 Å². The van der Waals surface area contributed by atoms with Crippen molar-refractivity contribution in [2.75, 3.05) is 26.7 Å². The van der Waals surface area contributed by atoms with Crippen molar-refractivity contribution in [1.29, 1.82) is 0 Å². The molecule has 0 radical (unpaired) electrons. The van der Waals surface area contributed by atoms with E-state index < -0.39 is 0 Å². The minimum Gasteiger partial charge on any atom is -0.479 e. The van der Waals surface area contributed by atoms with E-state index in [1.807, 2.05) is 31.3 Å². The second-order valence-electron chi connectivity index (χ2n) is 3.30. The highest BCUT2D eigenvalue weighted by Gasteiger charge is 2.11. The van der Waals surface area contributed by atoms with Crippen molar-refractivity contribution in [3.05, 3.63) is 22.4 Å². The molecule has 1 aromatic heterocycles. The number of anilines is 1. The Hall–Kier alpha value is -1.27. The molecular formula is C10H14BrN3O2. The molecule has 1 heterocycles. The van der Waals surface area contributed by atoms with Gasteiger partial charge in [0.1, 0.15) is 5.69 Å². The molecule has 0 fully saturated rings. The van der Waals surface area contributed by atoms with Crippen LogP contribution in [0.4, 0.5) is 5.69 Å². The van der Waals surface area contributed by atoms with Gasteiger partial charge in [0.15, 0.2) is 0 Å². The monoisotopic (exact) mass is 287 g/mol. The quantitative estimate of drug-likeness (QED) is 0.832. The lowest BCUT2D eigenvalue weighted by Crippen LogP contribution is -2.02. The first kappa shape index (κ1) is 12.8. The van der Waals surface area contributed by atoms with Crippen molar-refractivity contribution in [3.8, 4) is 5.88 Å². The summed E-state index contributed by atoms with van der Waals surface area (Å²) in [6.45, 7) is 0. The molecule has 0 amide bonds. The normalized spacial score (nSPS) is 10.6. The highest BCUT2D eigenvalue weighted by molar-refractivity contribution is 9.10. The standard InChI is InChI=1S/C10H14BrN3O2/c1-14(2)5-4-7-8(11)6-12-10(16-3)9(7)13-15/h4-6,13,15H,1-3H3/b5-4+. The molecule has 0 unspecified atom stereocenters. The Morgan fingerprint density at radius 1 is 1.56 bits per heavy atom. The zero-order valence-electron chi connectivity index (χ0n) is 9.36. The van der Waals surface area contributed by atoms with Crippen molar-refractivity contribution in [1.82, 2.24) is 9.88 Å². The van der Waals surface area contributed by atoms with Crippen molar-refractivity contribution in [3.63, 3.8) is 0 Å². The topological polar surface area (TPSA) is 57.6 Å². The van der Waals surface area contributed by atoms with Crippen LogP contribution in [0.15, 0.2) is 16.9 Å². The number of rotatable bonds is 4. The molecule has 16 heavy (non-hydrogen) atoms. The SMILES string of the molecule is COc1ncc(Br)c(/C=C/N(C)C)c1NO. The molecule has 0 atom stereocenters. The average molecular weight is 288 g/mol. The van der Waals surface area contributed by atoms with Crippen molar-refractivity contribution < 1.29 is 9.94 Å². The Bertz CT molecular complexity index is 394. The van der Waals surface area contributed by atoms with Gasteiger partial charge in [-0.15, -0.1) is 0 Å². The molecule has 0 saturated heterocycles. The summed E-state index contributed by atoms with van der Waals surface area (Å²) >= 11 is 3.36. The van der Waals surface area contributed by atoms with E-state index in [1.54, 1.807) is 6.20 Å². The molecule has 0 bridgehead atoms. The van der Waals surface area contributed by atoms with E-state index in [9.17, 15) is 0 Å². The molecule has 1 rings (SSSR count). The fourth-order valence-corrected chi connectivity index (χ4v) is 1.57. The lowest BCUT2D eigenvalue weighted by molar-refractivity contribution is 0.366. The van der Waals surface area contributed by atoms with Crippen molar-refractivity contribution in [2.24, 2.45) is 0 Å². The number of nitrogens with one attached hydrogen (secondary N) is 1. The maximum atomic E-state index is 9.08. The van der Waals surface area contributed by atoms with Crippen LogP contribution in [0.2, 0.25) is 0 Å². The van der Waals surface area contributed by atoms with E-state index in [-0.39, 0.29) is 0 Å². The van der Waals surface area contributed by atoms with Crippen molar-refractivity contribution in [2.45, 2.75) is 0 Å². The maximum Gasteiger partial charge on any atom is 0.240 e. The van der Waals surface area contributed by atoms with Gasteiger partial charge in [-0.1, -0.05) is 0 Å². The van der Waals surface area contributed by atoms with Gasteiger partial charge >= 0.3 is 0 Å². The molecule has 0 aliphatic rings. The van der Waals surface area contributed by atoms with Crippen LogP contribution >= 0.6 is 15.9 Å². The zero-order chi connectivity index (χ0) is 12.1. The summed E-state index contributed by atoms with van der Waals surface area (Å²) in [5.41, 5.74) is 3.29. The first-order chi connectivity index (χ1) is 7.60. The van der Waals surface area contributed by atoms with E-state index in [4.69, 9.17) is 9.94 Å². The smallest absolute Gasteiger partial charge is 0.240 e. The van der Waals surface area contributed by atoms with Gasteiger partial charge in [-0.25, -0.2) is 4.98 Å². The van der Waals surface area contributed by atoms with E-state index in [2.05, 4.69) is 26.4 Å². The van der Waals surface area contributed by atoms with Crippen LogP contribution in [0.5, 0.6) is 5.88 Å². The van der Waals surface area contributed by atoms with Gasteiger partial charge in [-0.05, 0) is 28.2 Å². The van der Waals surface area contributed by atoms with Gasteiger partial charge in [-0.3, -0.25) is 10.7 Å². The van der Waals surface area contributed by atoms with Crippen LogP contribution in [-0.4, -0.2) is 36.3 Å². The molecule has 2 N–H and O–H groups in total.